The molecule has 2 aliphatic heterocycles. The van der Waals surface area contributed by atoms with E-state index in [-0.39, 0.29) is 0 Å². The summed E-state index contributed by atoms with van der Waals surface area (Å²) in [5, 5.41) is 5.36. The number of likely N-dealkylation sites (N-methyl/N-ethyl adjacent to an activating group) is 1. The lowest BCUT2D eigenvalue weighted by molar-refractivity contribution is 0.191. The normalized spacial score (nSPS) is 38.1. The van der Waals surface area contributed by atoms with Gasteiger partial charge in [0.05, 0.1) is 6.54 Å². The van der Waals surface area contributed by atoms with Gasteiger partial charge in [-0.15, -0.1) is 0 Å². The Morgan fingerprint density at radius 3 is 2.94 bits per heavy atom. The van der Waals surface area contributed by atoms with Crippen LogP contribution in [-0.2, 0) is 0 Å². The molecule has 3 nitrogen and oxygen atoms in total. The van der Waals surface area contributed by atoms with Crippen molar-refractivity contribution >= 4 is 16.9 Å². The largest absolute Gasteiger partial charge is 0.362 e. The van der Waals surface area contributed by atoms with E-state index in [0.717, 1.165) is 11.7 Å². The molecule has 1 N–H and O–H groups in total. The maximum Gasteiger partial charge on any atom is 0.157 e. The van der Waals surface area contributed by atoms with Gasteiger partial charge in [0.15, 0.2) is 5.17 Å². The summed E-state index contributed by atoms with van der Waals surface area (Å²) < 4.78 is 0. The van der Waals surface area contributed by atoms with Gasteiger partial charge in [0, 0.05) is 17.3 Å². The minimum Gasteiger partial charge on any atom is -0.362 e. The minimum absolute atomic E-state index is 0.578. The van der Waals surface area contributed by atoms with E-state index in [0.29, 0.717) is 17.3 Å². The lowest BCUT2D eigenvalue weighted by Crippen LogP contribution is -2.41. The molecule has 0 aliphatic carbocycles. The smallest absolute Gasteiger partial charge is 0.157 e. The number of aliphatic imine (C=N–C) groups is 1. The summed E-state index contributed by atoms with van der Waals surface area (Å²) in [6.07, 6.45) is 5.27. The van der Waals surface area contributed by atoms with Gasteiger partial charge in [-0.25, -0.2) is 0 Å². The molecule has 0 aromatic carbocycles. The molecular formula is C13H25N3S. The van der Waals surface area contributed by atoms with Crippen LogP contribution in [-0.4, -0.2) is 47.5 Å². The van der Waals surface area contributed by atoms with Crippen molar-refractivity contribution in [2.75, 3.05) is 20.1 Å². The van der Waals surface area contributed by atoms with E-state index in [1.54, 1.807) is 0 Å². The summed E-state index contributed by atoms with van der Waals surface area (Å²) in [7, 11) is 2.23. The van der Waals surface area contributed by atoms with Gasteiger partial charge in [0.1, 0.15) is 0 Å². The number of hydrogen-bond donors (Lipinski definition) is 1. The summed E-state index contributed by atoms with van der Waals surface area (Å²) in [4.78, 5) is 7.25. The SMILES string of the molecule is CC1CC(C)SC(=NCC2CCCCN2C)N1. The Labute approximate surface area is 109 Å². The molecule has 17 heavy (non-hydrogen) atoms. The van der Waals surface area contributed by atoms with Crippen molar-refractivity contribution in [2.45, 2.75) is 56.9 Å². The Morgan fingerprint density at radius 1 is 1.41 bits per heavy atom. The highest BCUT2D eigenvalue weighted by Crippen LogP contribution is 2.23. The highest BCUT2D eigenvalue weighted by Gasteiger charge is 2.22. The van der Waals surface area contributed by atoms with Crippen LogP contribution < -0.4 is 5.32 Å². The third-order valence-corrected chi connectivity index (χ3v) is 4.80. The Morgan fingerprint density at radius 2 is 2.24 bits per heavy atom. The number of amidine groups is 1. The Hall–Kier alpha value is -0.220. The predicted octanol–water partition coefficient (Wildman–Crippen LogP) is 2.33. The summed E-state index contributed by atoms with van der Waals surface area (Å²) in [5.74, 6) is 0. The second-order valence-corrected chi connectivity index (χ2v) is 6.91. The zero-order chi connectivity index (χ0) is 12.3. The summed E-state index contributed by atoms with van der Waals surface area (Å²) in [5.41, 5.74) is 0. The number of rotatable bonds is 2. The zero-order valence-corrected chi connectivity index (χ0v) is 12.1. The van der Waals surface area contributed by atoms with E-state index < -0.39 is 0 Å². The zero-order valence-electron chi connectivity index (χ0n) is 11.3. The van der Waals surface area contributed by atoms with Crippen molar-refractivity contribution in [3.05, 3.63) is 0 Å². The fourth-order valence-corrected chi connectivity index (χ4v) is 3.87. The van der Waals surface area contributed by atoms with Gasteiger partial charge in [-0.3, -0.25) is 4.99 Å². The summed E-state index contributed by atoms with van der Waals surface area (Å²) in [6.45, 7) is 6.75. The van der Waals surface area contributed by atoms with Crippen molar-refractivity contribution in [1.29, 1.82) is 0 Å². The molecule has 2 rings (SSSR count). The van der Waals surface area contributed by atoms with E-state index in [1.807, 2.05) is 11.8 Å². The first kappa shape index (κ1) is 13.2. The van der Waals surface area contributed by atoms with Crippen molar-refractivity contribution in [2.24, 2.45) is 4.99 Å². The standard InChI is InChI=1S/C13H25N3S/c1-10-8-11(2)17-13(15-10)14-9-12-6-4-5-7-16(12)3/h10-12H,4-9H2,1-3H3,(H,14,15). The first-order valence-electron chi connectivity index (χ1n) is 6.83. The van der Waals surface area contributed by atoms with Gasteiger partial charge in [0.25, 0.3) is 0 Å². The minimum atomic E-state index is 0.578. The highest BCUT2D eigenvalue weighted by molar-refractivity contribution is 8.14. The fourth-order valence-electron chi connectivity index (χ4n) is 2.69. The average molecular weight is 255 g/mol. The fraction of sp³-hybridized carbons (Fsp3) is 0.923. The maximum atomic E-state index is 4.78. The van der Waals surface area contributed by atoms with Crippen molar-refractivity contribution in [3.8, 4) is 0 Å². The van der Waals surface area contributed by atoms with Crippen molar-refractivity contribution in [3.63, 3.8) is 0 Å². The molecule has 0 spiro atoms. The molecule has 0 aromatic heterocycles. The molecule has 2 saturated heterocycles. The van der Waals surface area contributed by atoms with Gasteiger partial charge in [-0.05, 0) is 39.8 Å². The second-order valence-electron chi connectivity index (χ2n) is 5.49. The molecule has 2 fully saturated rings. The molecule has 3 unspecified atom stereocenters. The first-order valence-corrected chi connectivity index (χ1v) is 7.71. The molecule has 0 bridgehead atoms. The van der Waals surface area contributed by atoms with Crippen LogP contribution in [0.15, 0.2) is 4.99 Å². The molecule has 0 saturated carbocycles. The molecule has 98 valence electrons. The lowest BCUT2D eigenvalue weighted by atomic mass is 10.0. The van der Waals surface area contributed by atoms with Crippen LogP contribution in [0.25, 0.3) is 0 Å². The number of nitrogens with zero attached hydrogens (tertiary/aromatic N) is 2. The number of hydrogen-bond acceptors (Lipinski definition) is 3. The van der Waals surface area contributed by atoms with Gasteiger partial charge < -0.3 is 10.2 Å². The highest BCUT2D eigenvalue weighted by atomic mass is 32.2. The van der Waals surface area contributed by atoms with E-state index in [9.17, 15) is 0 Å². The quantitative estimate of drug-likeness (QED) is 0.821. The third kappa shape index (κ3) is 3.88. The van der Waals surface area contributed by atoms with Crippen LogP contribution in [0.3, 0.4) is 0 Å². The summed E-state index contributed by atoms with van der Waals surface area (Å²) >= 11 is 1.90. The van der Waals surface area contributed by atoms with Crippen LogP contribution in [0.5, 0.6) is 0 Å². The monoisotopic (exact) mass is 255 g/mol. The molecule has 2 heterocycles. The molecule has 0 amide bonds. The molecule has 4 heteroatoms. The van der Waals surface area contributed by atoms with E-state index in [1.165, 1.54) is 32.2 Å². The first-order chi connectivity index (χ1) is 8.15. The van der Waals surface area contributed by atoms with Gasteiger partial charge in [-0.1, -0.05) is 25.1 Å². The van der Waals surface area contributed by atoms with E-state index >= 15 is 0 Å². The second kappa shape index (κ2) is 6.10. The van der Waals surface area contributed by atoms with Crippen LogP contribution in [0.4, 0.5) is 0 Å². The van der Waals surface area contributed by atoms with Gasteiger partial charge in [-0.2, -0.15) is 0 Å². The maximum absolute atomic E-state index is 4.78. The average Bonchev–Trinajstić information content (AvgIpc) is 2.27. The molecule has 0 radical (unpaired) electrons. The molecule has 2 aliphatic rings. The lowest BCUT2D eigenvalue weighted by Gasteiger charge is -2.32. The van der Waals surface area contributed by atoms with Crippen LogP contribution in [0.2, 0.25) is 0 Å². The number of nitrogens with one attached hydrogen (secondary N) is 1. The molecule has 0 aromatic rings. The third-order valence-electron chi connectivity index (χ3n) is 3.74. The Kier molecular flexibility index (Phi) is 4.74. The molecule has 3 atom stereocenters. The number of piperidine rings is 1. The predicted molar refractivity (Wildman–Crippen MR) is 76.8 cm³/mol. The van der Waals surface area contributed by atoms with Crippen LogP contribution in [0, 0.1) is 0 Å². The van der Waals surface area contributed by atoms with Crippen molar-refractivity contribution < 1.29 is 0 Å². The number of likely N-dealkylation sites (tertiary alicyclic amines) is 1. The van der Waals surface area contributed by atoms with Crippen molar-refractivity contribution in [1.82, 2.24) is 10.2 Å². The topological polar surface area (TPSA) is 27.6 Å². The van der Waals surface area contributed by atoms with Crippen LogP contribution in [0.1, 0.15) is 39.5 Å². The molecular weight excluding hydrogens is 230 g/mol. The Balaban J connectivity index is 1.86. The van der Waals surface area contributed by atoms with Gasteiger partial charge in [0.2, 0.25) is 0 Å². The Bertz CT molecular complexity index is 268. The summed E-state index contributed by atoms with van der Waals surface area (Å²) in [6, 6.07) is 1.24. The van der Waals surface area contributed by atoms with Gasteiger partial charge >= 0.3 is 0 Å². The number of thioether (sulfide) groups is 1. The van der Waals surface area contributed by atoms with E-state index in [2.05, 4.69) is 31.1 Å². The van der Waals surface area contributed by atoms with Crippen LogP contribution >= 0.6 is 11.8 Å². The van der Waals surface area contributed by atoms with E-state index in [4.69, 9.17) is 4.99 Å².